The SMILES string of the molecule is c1ccc(-n2c3ccccc3c3ccccc32)c(-c2ccc(N(c3ccc(-c4ccc(C56C[C@@H]7CC8C[C@@H](C5)C6C87)cc4)cc3)c3ccc(-c4ccc5ccccc5c4)cc3)cc2)c1. The minimum absolute atomic E-state index is 0.473. The molecule has 9 aromatic carbocycles. The molecule has 0 amide bonds. The Balaban J connectivity index is 0.817. The fraction of sp³-hybridized carbons (Fsp3) is 0.161. The lowest BCUT2D eigenvalue weighted by Crippen LogP contribution is -2.46. The van der Waals surface area contributed by atoms with Crippen LogP contribution in [0.15, 0.2) is 212 Å². The summed E-state index contributed by atoms with van der Waals surface area (Å²) in [6.45, 7) is 0. The quantitative estimate of drug-likeness (QED) is 0.148. The summed E-state index contributed by atoms with van der Waals surface area (Å²) >= 11 is 0. The number of aromatic nitrogens is 1. The van der Waals surface area contributed by atoms with Crippen LogP contribution in [0.5, 0.6) is 0 Å². The standard InChI is InChI=1S/C62H48N2/c1-2-10-45-35-46(18-17-40(45)9-1)43-23-31-52(32-24-43)63(51-29-21-42(22-30-51)41-19-27-50(28-20-41)62-38-48-36-47-37-49(39-62)61(62)60(47)48)53-33-25-44(26-34-53)54-11-3-6-14-57(54)64-58-15-7-4-12-55(58)56-13-5-8-16-59(56)64/h1-35,47-49,60-61H,36-39H2/t47?,48-,49-,60?,61?,62?/m0/s1. The summed E-state index contributed by atoms with van der Waals surface area (Å²) in [6.07, 6.45) is 5.91. The minimum Gasteiger partial charge on any atom is -0.311 e. The molecule has 4 unspecified atom stereocenters. The zero-order valence-corrected chi connectivity index (χ0v) is 35.8. The smallest absolute Gasteiger partial charge is 0.0541 e. The first-order valence-electron chi connectivity index (χ1n) is 23.5. The van der Waals surface area contributed by atoms with Gasteiger partial charge in [0.25, 0.3) is 0 Å². The second kappa shape index (κ2) is 13.9. The van der Waals surface area contributed by atoms with Crippen LogP contribution in [-0.2, 0) is 5.41 Å². The average Bonchev–Trinajstić information content (AvgIpc) is 3.88. The molecule has 4 aliphatic rings. The van der Waals surface area contributed by atoms with E-state index in [9.17, 15) is 0 Å². The van der Waals surface area contributed by atoms with Gasteiger partial charge >= 0.3 is 0 Å². The molecule has 64 heavy (non-hydrogen) atoms. The van der Waals surface area contributed by atoms with Crippen molar-refractivity contribution >= 4 is 49.6 Å². The molecule has 0 aliphatic heterocycles. The van der Waals surface area contributed by atoms with Gasteiger partial charge in [0.05, 0.1) is 16.7 Å². The van der Waals surface area contributed by atoms with E-state index in [-0.39, 0.29) is 0 Å². The Kier molecular flexibility index (Phi) is 7.90. The summed E-state index contributed by atoms with van der Waals surface area (Å²) in [4.78, 5) is 2.40. The number of rotatable bonds is 8. The Morgan fingerprint density at radius 3 is 1.58 bits per heavy atom. The van der Waals surface area contributed by atoms with Crippen LogP contribution in [-0.4, -0.2) is 4.57 Å². The molecule has 1 heterocycles. The van der Waals surface area contributed by atoms with Crippen LogP contribution in [0, 0.1) is 29.6 Å². The first-order valence-corrected chi connectivity index (χ1v) is 23.5. The van der Waals surface area contributed by atoms with Gasteiger partial charge in [-0.1, -0.05) is 152 Å². The van der Waals surface area contributed by atoms with Crippen LogP contribution < -0.4 is 4.90 Å². The first kappa shape index (κ1) is 36.3. The maximum atomic E-state index is 2.49. The van der Waals surface area contributed by atoms with Gasteiger partial charge < -0.3 is 9.47 Å². The highest BCUT2D eigenvalue weighted by atomic mass is 15.1. The van der Waals surface area contributed by atoms with E-state index in [0.717, 1.165) is 46.7 Å². The summed E-state index contributed by atoms with van der Waals surface area (Å²) in [5.41, 5.74) is 16.4. The van der Waals surface area contributed by atoms with Crippen molar-refractivity contribution in [1.29, 1.82) is 0 Å². The molecule has 4 saturated carbocycles. The monoisotopic (exact) mass is 820 g/mol. The van der Waals surface area contributed by atoms with Crippen molar-refractivity contribution in [2.45, 2.75) is 31.1 Å². The predicted octanol–water partition coefficient (Wildman–Crippen LogP) is 16.3. The normalized spacial score (nSPS) is 22.7. The molecule has 14 rings (SSSR count). The van der Waals surface area contributed by atoms with Crippen molar-refractivity contribution in [2.75, 3.05) is 4.90 Å². The Hall–Kier alpha value is -7.16. The zero-order chi connectivity index (χ0) is 41.9. The van der Waals surface area contributed by atoms with Gasteiger partial charge in [-0.15, -0.1) is 0 Å². The van der Waals surface area contributed by atoms with Crippen LogP contribution >= 0.6 is 0 Å². The van der Waals surface area contributed by atoms with Gasteiger partial charge in [-0.3, -0.25) is 0 Å². The highest BCUT2D eigenvalue weighted by molar-refractivity contribution is 6.09. The maximum absolute atomic E-state index is 2.49. The maximum Gasteiger partial charge on any atom is 0.0541 e. The lowest BCUT2D eigenvalue weighted by molar-refractivity contribution is 0.0684. The van der Waals surface area contributed by atoms with E-state index in [0.29, 0.717) is 5.41 Å². The lowest BCUT2D eigenvalue weighted by Gasteiger charge is -2.51. The van der Waals surface area contributed by atoms with E-state index >= 15 is 0 Å². The van der Waals surface area contributed by atoms with Crippen LogP contribution in [0.3, 0.4) is 0 Å². The van der Waals surface area contributed by atoms with Gasteiger partial charge in [0.15, 0.2) is 0 Å². The van der Waals surface area contributed by atoms with Gasteiger partial charge in [0, 0.05) is 33.4 Å². The molecule has 0 saturated heterocycles. The predicted molar refractivity (Wildman–Crippen MR) is 267 cm³/mol. The van der Waals surface area contributed by atoms with Crippen LogP contribution in [0.25, 0.3) is 71.6 Å². The number of hydrogen-bond donors (Lipinski definition) is 0. The Morgan fingerprint density at radius 1 is 0.406 bits per heavy atom. The van der Waals surface area contributed by atoms with Crippen LogP contribution in [0.4, 0.5) is 17.1 Å². The van der Waals surface area contributed by atoms with E-state index in [4.69, 9.17) is 0 Å². The fourth-order valence-corrected chi connectivity index (χ4v) is 13.7. The number of hydrogen-bond acceptors (Lipinski definition) is 1. The van der Waals surface area contributed by atoms with Gasteiger partial charge in [0.1, 0.15) is 0 Å². The molecule has 306 valence electrons. The molecule has 2 heteroatoms. The second-order valence-corrected chi connectivity index (χ2v) is 19.4. The Bertz CT molecular complexity index is 3360. The second-order valence-electron chi connectivity index (χ2n) is 19.4. The molecule has 2 nitrogen and oxygen atoms in total. The summed E-state index contributed by atoms with van der Waals surface area (Å²) in [6, 6.07) is 78.9. The summed E-state index contributed by atoms with van der Waals surface area (Å²) in [7, 11) is 0. The molecular formula is C62H48N2. The fourth-order valence-electron chi connectivity index (χ4n) is 13.7. The van der Waals surface area contributed by atoms with Crippen molar-refractivity contribution in [3.05, 3.63) is 218 Å². The van der Waals surface area contributed by atoms with Gasteiger partial charge in [-0.05, 0) is 166 Å². The minimum atomic E-state index is 0.473. The average molecular weight is 821 g/mol. The van der Waals surface area contributed by atoms with Gasteiger partial charge in [-0.25, -0.2) is 0 Å². The number of para-hydroxylation sites is 3. The van der Waals surface area contributed by atoms with Crippen molar-refractivity contribution < 1.29 is 0 Å². The molecule has 6 atom stereocenters. The lowest BCUT2D eigenvalue weighted by atomic mass is 9.53. The van der Waals surface area contributed by atoms with E-state index < -0.39 is 0 Å². The third kappa shape index (κ3) is 5.38. The third-order valence-corrected chi connectivity index (χ3v) is 16.4. The highest BCUT2D eigenvalue weighted by Gasteiger charge is 2.72. The van der Waals surface area contributed by atoms with Crippen molar-refractivity contribution in [1.82, 2.24) is 4.57 Å². The third-order valence-electron chi connectivity index (χ3n) is 16.4. The van der Waals surface area contributed by atoms with Crippen molar-refractivity contribution in [2.24, 2.45) is 29.6 Å². The summed E-state index contributed by atoms with van der Waals surface area (Å²) in [5.74, 6) is 5.08. The zero-order valence-electron chi connectivity index (χ0n) is 35.8. The molecular weight excluding hydrogens is 773 g/mol. The molecule has 1 aromatic heterocycles. The van der Waals surface area contributed by atoms with Crippen LogP contribution in [0.2, 0.25) is 0 Å². The highest BCUT2D eigenvalue weighted by Crippen LogP contribution is 2.78. The number of fused-ring (bicyclic) bond motifs is 4. The topological polar surface area (TPSA) is 8.17 Å². The largest absolute Gasteiger partial charge is 0.311 e. The molecule has 0 radical (unpaired) electrons. The van der Waals surface area contributed by atoms with Gasteiger partial charge in [0.2, 0.25) is 0 Å². The molecule has 10 aromatic rings. The van der Waals surface area contributed by atoms with Crippen molar-refractivity contribution in [3.63, 3.8) is 0 Å². The molecule has 4 aliphatic carbocycles. The van der Waals surface area contributed by atoms with Gasteiger partial charge in [-0.2, -0.15) is 0 Å². The number of benzene rings is 9. The molecule has 0 bridgehead atoms. The van der Waals surface area contributed by atoms with E-state index in [1.165, 1.54) is 97.3 Å². The van der Waals surface area contributed by atoms with E-state index in [1.807, 2.05) is 0 Å². The molecule has 0 spiro atoms. The number of nitrogens with zero attached hydrogens (tertiary/aromatic N) is 2. The van der Waals surface area contributed by atoms with E-state index in [2.05, 4.69) is 222 Å². The first-order chi connectivity index (χ1) is 31.7. The molecule has 0 N–H and O–H groups in total. The Labute approximate surface area is 375 Å². The summed E-state index contributed by atoms with van der Waals surface area (Å²) in [5, 5.41) is 5.06. The van der Waals surface area contributed by atoms with E-state index in [1.54, 1.807) is 5.56 Å². The number of anilines is 3. The summed E-state index contributed by atoms with van der Waals surface area (Å²) < 4.78 is 2.43. The molecule has 4 fully saturated rings. The van der Waals surface area contributed by atoms with Crippen molar-refractivity contribution in [3.8, 4) is 39.1 Å². The van der Waals surface area contributed by atoms with Crippen LogP contribution in [0.1, 0.15) is 31.2 Å². The Morgan fingerprint density at radius 2 is 0.906 bits per heavy atom.